The van der Waals surface area contributed by atoms with E-state index in [1.807, 2.05) is 12.1 Å². The fourth-order valence-electron chi connectivity index (χ4n) is 3.21. The number of nitrogens with zero attached hydrogens (tertiary/aromatic N) is 1. The van der Waals surface area contributed by atoms with Crippen LogP contribution in [0, 0.1) is 5.82 Å². The maximum atomic E-state index is 13.0. The van der Waals surface area contributed by atoms with Gasteiger partial charge in [0.05, 0.1) is 0 Å². The quantitative estimate of drug-likeness (QED) is 0.803. The first-order valence-corrected chi connectivity index (χ1v) is 6.60. The molecule has 2 aliphatic rings. The van der Waals surface area contributed by atoms with Gasteiger partial charge in [-0.05, 0) is 37.1 Å². The van der Waals surface area contributed by atoms with Crippen LogP contribution in [0.25, 0.3) is 0 Å². The topological polar surface area (TPSA) is 15.3 Å². The molecule has 0 aromatic heterocycles. The molecule has 1 aromatic rings. The molecule has 1 saturated carbocycles. The van der Waals surface area contributed by atoms with Crippen LogP contribution in [-0.4, -0.2) is 25.2 Å². The van der Waals surface area contributed by atoms with E-state index < -0.39 is 0 Å². The van der Waals surface area contributed by atoms with Gasteiger partial charge in [-0.1, -0.05) is 12.8 Å². The van der Waals surface area contributed by atoms with E-state index >= 15 is 0 Å². The second-order valence-corrected chi connectivity index (χ2v) is 5.08. The monoisotopic (exact) mass is 234 g/mol. The van der Waals surface area contributed by atoms with E-state index in [1.54, 1.807) is 12.1 Å². The van der Waals surface area contributed by atoms with Gasteiger partial charge in [0.15, 0.2) is 0 Å². The van der Waals surface area contributed by atoms with Crippen LogP contribution in [0.15, 0.2) is 24.3 Å². The van der Waals surface area contributed by atoms with Crippen molar-refractivity contribution in [2.75, 3.05) is 18.0 Å². The highest BCUT2D eigenvalue weighted by Crippen LogP contribution is 2.29. The lowest BCUT2D eigenvalue weighted by molar-refractivity contribution is 0.284. The summed E-state index contributed by atoms with van der Waals surface area (Å²) in [4.78, 5) is 2.46. The van der Waals surface area contributed by atoms with E-state index in [0.717, 1.165) is 13.1 Å². The number of nitrogens with one attached hydrogen (secondary N) is 1. The summed E-state index contributed by atoms with van der Waals surface area (Å²) in [6, 6.07) is 8.17. The fraction of sp³-hybridized carbons (Fsp3) is 0.571. The van der Waals surface area contributed by atoms with E-state index in [-0.39, 0.29) is 5.82 Å². The lowest BCUT2D eigenvalue weighted by Crippen LogP contribution is -2.59. The molecule has 1 saturated heterocycles. The van der Waals surface area contributed by atoms with Crippen molar-refractivity contribution in [2.45, 2.75) is 37.8 Å². The molecule has 92 valence electrons. The normalized spacial score (nSPS) is 28.9. The minimum atomic E-state index is -0.149. The van der Waals surface area contributed by atoms with Gasteiger partial charge in [-0.25, -0.2) is 4.39 Å². The molecule has 1 aliphatic carbocycles. The molecule has 17 heavy (non-hydrogen) atoms. The zero-order valence-corrected chi connectivity index (χ0v) is 10.0. The second kappa shape index (κ2) is 4.65. The van der Waals surface area contributed by atoms with Gasteiger partial charge in [0, 0.05) is 30.9 Å². The molecule has 2 nitrogen and oxygen atoms in total. The smallest absolute Gasteiger partial charge is 0.123 e. The fourth-order valence-corrected chi connectivity index (χ4v) is 3.21. The highest BCUT2D eigenvalue weighted by molar-refractivity contribution is 5.48. The molecule has 0 amide bonds. The van der Waals surface area contributed by atoms with Crippen molar-refractivity contribution in [3.05, 3.63) is 30.1 Å². The first-order chi connectivity index (χ1) is 8.34. The number of piperazine rings is 1. The van der Waals surface area contributed by atoms with Crippen molar-refractivity contribution in [3.63, 3.8) is 0 Å². The van der Waals surface area contributed by atoms with Gasteiger partial charge in [-0.2, -0.15) is 0 Å². The highest BCUT2D eigenvalue weighted by atomic mass is 19.1. The van der Waals surface area contributed by atoms with Gasteiger partial charge < -0.3 is 10.2 Å². The Morgan fingerprint density at radius 2 is 1.88 bits per heavy atom. The van der Waals surface area contributed by atoms with Gasteiger partial charge in [0.2, 0.25) is 0 Å². The summed E-state index contributed by atoms with van der Waals surface area (Å²) >= 11 is 0. The van der Waals surface area contributed by atoms with Crippen molar-refractivity contribution in [1.29, 1.82) is 0 Å². The number of halogens is 1. The van der Waals surface area contributed by atoms with Crippen LogP contribution in [0.5, 0.6) is 0 Å². The Balaban J connectivity index is 1.83. The van der Waals surface area contributed by atoms with Crippen molar-refractivity contribution in [2.24, 2.45) is 0 Å². The van der Waals surface area contributed by atoms with Crippen molar-refractivity contribution in [1.82, 2.24) is 5.32 Å². The lowest BCUT2D eigenvalue weighted by Gasteiger charge is -2.46. The highest BCUT2D eigenvalue weighted by Gasteiger charge is 2.32. The molecule has 1 aliphatic heterocycles. The largest absolute Gasteiger partial charge is 0.366 e. The SMILES string of the molecule is Fc1ccc(N2CCN[C@H]3CCCC[C@H]32)cc1. The molecule has 0 radical (unpaired) electrons. The molecule has 2 fully saturated rings. The summed E-state index contributed by atoms with van der Waals surface area (Å²) in [5.74, 6) is -0.149. The van der Waals surface area contributed by atoms with Gasteiger partial charge >= 0.3 is 0 Å². The molecule has 1 heterocycles. The molecule has 1 aromatic carbocycles. The zero-order valence-electron chi connectivity index (χ0n) is 10.0. The minimum absolute atomic E-state index is 0.149. The first kappa shape index (κ1) is 11.0. The first-order valence-electron chi connectivity index (χ1n) is 6.60. The summed E-state index contributed by atoms with van der Waals surface area (Å²) < 4.78 is 13.0. The van der Waals surface area contributed by atoms with Crippen LogP contribution in [0.3, 0.4) is 0 Å². The molecule has 3 heteroatoms. The summed E-state index contributed by atoms with van der Waals surface area (Å²) in [5.41, 5.74) is 1.17. The van der Waals surface area contributed by atoms with Crippen LogP contribution in [0.2, 0.25) is 0 Å². The van der Waals surface area contributed by atoms with Gasteiger partial charge in [-0.3, -0.25) is 0 Å². The molecule has 2 atom stereocenters. The van der Waals surface area contributed by atoms with E-state index in [4.69, 9.17) is 0 Å². The Bertz CT molecular complexity index is 374. The minimum Gasteiger partial charge on any atom is -0.366 e. The number of fused-ring (bicyclic) bond motifs is 1. The number of anilines is 1. The third kappa shape index (κ3) is 2.16. The van der Waals surface area contributed by atoms with Crippen LogP contribution in [0.1, 0.15) is 25.7 Å². The van der Waals surface area contributed by atoms with Crippen LogP contribution >= 0.6 is 0 Å². The molecule has 0 unspecified atom stereocenters. The number of hydrogen-bond donors (Lipinski definition) is 1. The maximum Gasteiger partial charge on any atom is 0.123 e. The predicted molar refractivity (Wildman–Crippen MR) is 67.8 cm³/mol. The second-order valence-electron chi connectivity index (χ2n) is 5.08. The Labute approximate surface area is 102 Å². The van der Waals surface area contributed by atoms with Crippen molar-refractivity contribution >= 4 is 5.69 Å². The zero-order chi connectivity index (χ0) is 11.7. The summed E-state index contributed by atoms with van der Waals surface area (Å²) in [6.07, 6.45) is 5.20. The number of benzene rings is 1. The van der Waals surface area contributed by atoms with E-state index in [2.05, 4.69) is 10.2 Å². The van der Waals surface area contributed by atoms with E-state index in [1.165, 1.54) is 31.4 Å². The predicted octanol–water partition coefficient (Wildman–Crippen LogP) is 2.55. The Morgan fingerprint density at radius 1 is 1.12 bits per heavy atom. The van der Waals surface area contributed by atoms with Crippen molar-refractivity contribution < 1.29 is 4.39 Å². The van der Waals surface area contributed by atoms with Crippen molar-refractivity contribution in [3.8, 4) is 0 Å². The molecule has 1 N–H and O–H groups in total. The standard InChI is InChI=1S/C14H19FN2/c15-11-5-7-12(8-6-11)17-10-9-16-13-3-1-2-4-14(13)17/h5-8,13-14,16H,1-4,9-10H2/t13-,14+/m0/s1. The van der Waals surface area contributed by atoms with E-state index in [0.29, 0.717) is 12.1 Å². The average molecular weight is 234 g/mol. The summed E-state index contributed by atoms with van der Waals surface area (Å²) in [5, 5.41) is 3.62. The number of rotatable bonds is 1. The Hall–Kier alpha value is -1.09. The summed E-state index contributed by atoms with van der Waals surface area (Å²) in [6.45, 7) is 2.07. The average Bonchev–Trinajstić information content (AvgIpc) is 2.39. The Morgan fingerprint density at radius 3 is 2.71 bits per heavy atom. The maximum absolute atomic E-state index is 13.0. The molecule has 0 bridgehead atoms. The number of hydrogen-bond acceptors (Lipinski definition) is 2. The van der Waals surface area contributed by atoms with Crippen LogP contribution < -0.4 is 10.2 Å². The Kier molecular flexibility index (Phi) is 3.02. The van der Waals surface area contributed by atoms with Crippen LogP contribution in [-0.2, 0) is 0 Å². The summed E-state index contributed by atoms with van der Waals surface area (Å²) in [7, 11) is 0. The van der Waals surface area contributed by atoms with E-state index in [9.17, 15) is 4.39 Å². The third-order valence-corrected chi connectivity index (χ3v) is 4.05. The molecule has 0 spiro atoms. The lowest BCUT2D eigenvalue weighted by atomic mass is 9.87. The van der Waals surface area contributed by atoms with Gasteiger partial charge in [0.1, 0.15) is 5.82 Å². The molecule has 3 rings (SSSR count). The molecular formula is C14H19FN2. The van der Waals surface area contributed by atoms with Gasteiger partial charge in [-0.15, -0.1) is 0 Å². The van der Waals surface area contributed by atoms with Gasteiger partial charge in [0.25, 0.3) is 0 Å². The molecular weight excluding hydrogens is 215 g/mol. The third-order valence-electron chi connectivity index (χ3n) is 4.05. The van der Waals surface area contributed by atoms with Crippen LogP contribution in [0.4, 0.5) is 10.1 Å².